The van der Waals surface area contributed by atoms with Crippen LogP contribution in [0.1, 0.15) is 128 Å². The summed E-state index contributed by atoms with van der Waals surface area (Å²) in [5, 5.41) is 9.14. The van der Waals surface area contributed by atoms with Gasteiger partial charge in [0.25, 0.3) is 0 Å². The SMILES string of the molecule is C[C@H](NCCCCCN1CCC2(CC1)OCCc1sc(-c3ccncc3)cc12)C(=O)N[C@H](C(=O)N1CCCC[C@H]1c1nc(C(=O)c2ccc(F)cc2)cs1)C1CCCCC1. The van der Waals surface area contributed by atoms with Crippen LogP contribution in [-0.4, -0.2) is 88.8 Å². The van der Waals surface area contributed by atoms with Crippen molar-refractivity contribution in [3.63, 3.8) is 0 Å². The Kier molecular flexibility index (Phi) is 14.2. The van der Waals surface area contributed by atoms with Gasteiger partial charge >= 0.3 is 0 Å². The second kappa shape index (κ2) is 19.9. The highest BCUT2D eigenvalue weighted by atomic mass is 32.1. The van der Waals surface area contributed by atoms with Gasteiger partial charge in [-0.15, -0.1) is 22.7 Å². The molecule has 2 amide bonds. The van der Waals surface area contributed by atoms with Gasteiger partial charge in [-0.3, -0.25) is 19.4 Å². The quantitative estimate of drug-likeness (QED) is 0.0905. The Hall–Kier alpha value is -3.88. The maximum absolute atomic E-state index is 14.5. The zero-order valence-corrected chi connectivity index (χ0v) is 36.5. The fourth-order valence-electron chi connectivity index (χ4n) is 9.73. The number of halogens is 1. The van der Waals surface area contributed by atoms with Crippen molar-refractivity contribution in [1.29, 1.82) is 0 Å². The van der Waals surface area contributed by atoms with Crippen molar-refractivity contribution in [2.75, 3.05) is 39.3 Å². The molecule has 4 aromatic rings. The number of unbranched alkanes of at least 4 members (excludes halogenated alkanes) is 2. The van der Waals surface area contributed by atoms with Crippen LogP contribution in [0.4, 0.5) is 4.39 Å². The summed E-state index contributed by atoms with van der Waals surface area (Å²) in [5.74, 6) is -0.757. The van der Waals surface area contributed by atoms with Crippen LogP contribution in [0.5, 0.6) is 0 Å². The molecule has 60 heavy (non-hydrogen) atoms. The third kappa shape index (κ3) is 9.91. The average molecular weight is 855 g/mol. The minimum absolute atomic E-state index is 0.0436. The van der Waals surface area contributed by atoms with Gasteiger partial charge in [-0.2, -0.15) is 0 Å². The van der Waals surface area contributed by atoms with E-state index in [1.807, 2.05) is 35.6 Å². The van der Waals surface area contributed by atoms with Crippen molar-refractivity contribution >= 4 is 40.3 Å². The number of hydrogen-bond acceptors (Lipinski definition) is 10. The third-order valence-corrected chi connectivity index (χ3v) is 15.4. The summed E-state index contributed by atoms with van der Waals surface area (Å²) >= 11 is 3.30. The van der Waals surface area contributed by atoms with Crippen LogP contribution in [0, 0.1) is 11.7 Å². The van der Waals surface area contributed by atoms with Crippen molar-refractivity contribution in [2.45, 2.75) is 121 Å². The lowest BCUT2D eigenvalue weighted by molar-refractivity contribution is -0.142. The Morgan fingerprint density at radius 1 is 0.950 bits per heavy atom. The molecule has 4 aliphatic rings. The molecular formula is C47H59FN6O4S2. The molecule has 3 fully saturated rings. The molecule has 1 aromatic carbocycles. The van der Waals surface area contributed by atoms with E-state index in [2.05, 4.69) is 38.7 Å². The van der Waals surface area contributed by atoms with E-state index >= 15 is 0 Å². The molecule has 0 bridgehead atoms. The monoisotopic (exact) mass is 854 g/mol. The van der Waals surface area contributed by atoms with E-state index in [1.54, 1.807) is 5.38 Å². The first-order valence-corrected chi connectivity index (χ1v) is 24.0. The Bertz CT molecular complexity index is 2060. The van der Waals surface area contributed by atoms with Gasteiger partial charge in [-0.05, 0) is 137 Å². The van der Waals surface area contributed by atoms with E-state index in [0.717, 1.165) is 128 Å². The molecule has 1 aliphatic carbocycles. The Balaban J connectivity index is 0.800. The minimum Gasteiger partial charge on any atom is -0.370 e. The van der Waals surface area contributed by atoms with E-state index in [0.29, 0.717) is 17.8 Å². The van der Waals surface area contributed by atoms with Crippen LogP contribution in [-0.2, 0) is 26.3 Å². The molecule has 320 valence electrons. The number of thiophene rings is 1. The van der Waals surface area contributed by atoms with Crippen molar-refractivity contribution in [1.82, 2.24) is 30.4 Å². The number of benzene rings is 1. The predicted molar refractivity (Wildman–Crippen MR) is 235 cm³/mol. The topological polar surface area (TPSA) is 117 Å². The zero-order chi connectivity index (χ0) is 41.5. The number of ether oxygens (including phenoxy) is 1. The largest absolute Gasteiger partial charge is 0.370 e. The van der Waals surface area contributed by atoms with Crippen molar-refractivity contribution in [3.8, 4) is 10.4 Å². The number of fused-ring (bicyclic) bond motifs is 2. The molecule has 1 spiro atoms. The number of hydrogen-bond donors (Lipinski definition) is 2. The number of likely N-dealkylation sites (tertiary alicyclic amines) is 2. The fourth-order valence-corrected chi connectivity index (χ4v) is 11.9. The first-order chi connectivity index (χ1) is 29.3. The molecule has 13 heteroatoms. The second-order valence-electron chi connectivity index (χ2n) is 17.2. The minimum atomic E-state index is -0.597. The number of piperidine rings is 2. The lowest BCUT2D eigenvalue weighted by Gasteiger charge is -2.44. The average Bonchev–Trinajstić information content (AvgIpc) is 3.97. The van der Waals surface area contributed by atoms with Crippen molar-refractivity contribution in [2.24, 2.45) is 5.92 Å². The smallest absolute Gasteiger partial charge is 0.246 e. The maximum atomic E-state index is 14.5. The number of rotatable bonds is 15. The Morgan fingerprint density at radius 2 is 1.72 bits per heavy atom. The molecule has 3 aromatic heterocycles. The van der Waals surface area contributed by atoms with Crippen LogP contribution < -0.4 is 10.6 Å². The summed E-state index contributed by atoms with van der Waals surface area (Å²) in [5.41, 5.74) is 3.15. The summed E-state index contributed by atoms with van der Waals surface area (Å²) < 4.78 is 20.1. The Labute approximate surface area is 361 Å². The number of amides is 2. The molecule has 2 N–H and O–H groups in total. The van der Waals surface area contributed by atoms with Gasteiger partial charge in [0.1, 0.15) is 22.6 Å². The molecule has 10 nitrogen and oxygen atoms in total. The van der Waals surface area contributed by atoms with E-state index in [-0.39, 0.29) is 35.2 Å². The van der Waals surface area contributed by atoms with E-state index in [1.165, 1.54) is 56.5 Å². The van der Waals surface area contributed by atoms with Crippen LogP contribution in [0.15, 0.2) is 60.2 Å². The molecule has 6 heterocycles. The summed E-state index contributed by atoms with van der Waals surface area (Å²) in [7, 11) is 0. The number of ketones is 1. The fraction of sp³-hybridized carbons (Fsp3) is 0.553. The highest BCUT2D eigenvalue weighted by Crippen LogP contribution is 2.46. The van der Waals surface area contributed by atoms with Crippen molar-refractivity contribution < 1.29 is 23.5 Å². The van der Waals surface area contributed by atoms with Gasteiger partial charge in [0, 0.05) is 59.1 Å². The molecule has 1 saturated carbocycles. The number of thiazole rings is 1. The van der Waals surface area contributed by atoms with Gasteiger partial charge in [-0.25, -0.2) is 9.37 Å². The maximum Gasteiger partial charge on any atom is 0.246 e. The molecule has 0 radical (unpaired) electrons. The molecular weight excluding hydrogens is 796 g/mol. The molecule has 8 rings (SSSR count). The highest BCUT2D eigenvalue weighted by molar-refractivity contribution is 7.15. The van der Waals surface area contributed by atoms with Crippen LogP contribution in [0.2, 0.25) is 0 Å². The zero-order valence-electron chi connectivity index (χ0n) is 34.8. The number of aromatic nitrogens is 2. The van der Waals surface area contributed by atoms with Crippen molar-refractivity contribution in [3.05, 3.63) is 92.8 Å². The normalized spacial score (nSPS) is 20.7. The van der Waals surface area contributed by atoms with E-state index in [9.17, 15) is 18.8 Å². The summed E-state index contributed by atoms with van der Waals surface area (Å²) in [4.78, 5) is 57.6. The lowest BCUT2D eigenvalue weighted by Crippen LogP contribution is -2.57. The first-order valence-electron chi connectivity index (χ1n) is 22.3. The lowest BCUT2D eigenvalue weighted by atomic mass is 9.82. The number of nitrogens with one attached hydrogen (secondary N) is 2. The summed E-state index contributed by atoms with van der Waals surface area (Å²) in [6, 6.07) is 10.8. The van der Waals surface area contributed by atoms with Gasteiger partial charge < -0.3 is 25.2 Å². The Morgan fingerprint density at radius 3 is 2.50 bits per heavy atom. The molecule has 3 atom stereocenters. The number of pyridine rings is 1. The summed E-state index contributed by atoms with van der Waals surface area (Å²) in [6.07, 6.45) is 17.6. The van der Waals surface area contributed by atoms with Gasteiger partial charge in [0.2, 0.25) is 17.6 Å². The first kappa shape index (κ1) is 42.8. The molecule has 3 aliphatic heterocycles. The second-order valence-corrected chi connectivity index (χ2v) is 19.2. The number of nitrogens with zero attached hydrogens (tertiary/aromatic N) is 4. The third-order valence-electron chi connectivity index (χ3n) is 13.2. The summed E-state index contributed by atoms with van der Waals surface area (Å²) in [6.45, 7) is 7.17. The number of carbonyl (C=O) groups is 3. The standard InChI is InChI=1S/C47H59FN6O4S2/c1-32(50-22-7-3-8-25-53-27-20-47(21-28-53)37-30-41(33-17-23-49-24-18-33)60-40(37)19-29-58-47)44(56)52-42(34-10-4-2-5-11-34)46(57)54-26-9-6-12-39(54)45-51-38(31-59-45)43(55)35-13-15-36(48)16-14-35/h13-18,23-24,30-32,34,39,42,50H,2-12,19-22,25-29H2,1H3,(H,52,56)/t32-,39-,42-/m0/s1. The van der Waals surface area contributed by atoms with Gasteiger partial charge in [0.15, 0.2) is 0 Å². The van der Waals surface area contributed by atoms with Crippen LogP contribution in [0.25, 0.3) is 10.4 Å². The molecule has 0 unspecified atom stereocenters. The predicted octanol–water partition coefficient (Wildman–Crippen LogP) is 8.47. The molecule has 2 saturated heterocycles. The highest BCUT2D eigenvalue weighted by Gasteiger charge is 2.42. The van der Waals surface area contributed by atoms with E-state index in [4.69, 9.17) is 9.72 Å². The van der Waals surface area contributed by atoms with E-state index < -0.39 is 17.9 Å². The van der Waals surface area contributed by atoms with Gasteiger partial charge in [0.05, 0.1) is 24.3 Å². The van der Waals surface area contributed by atoms with Crippen LogP contribution in [0.3, 0.4) is 0 Å². The van der Waals surface area contributed by atoms with Crippen LogP contribution >= 0.6 is 22.7 Å². The van der Waals surface area contributed by atoms with Gasteiger partial charge in [-0.1, -0.05) is 25.7 Å². The number of carbonyl (C=O) groups excluding carboxylic acids is 3.